The topological polar surface area (TPSA) is 45.1 Å². The van der Waals surface area contributed by atoms with Gasteiger partial charge in [-0.15, -0.1) is 0 Å². The molecule has 16 heavy (non-hydrogen) atoms. The lowest BCUT2D eigenvalue weighted by atomic mass is 9.94. The lowest BCUT2D eigenvalue weighted by molar-refractivity contribution is 0.0383. The molecule has 0 aliphatic heterocycles. The van der Waals surface area contributed by atoms with Crippen molar-refractivity contribution in [2.45, 2.75) is 39.3 Å². The van der Waals surface area contributed by atoms with E-state index in [0.717, 1.165) is 18.5 Å². The van der Waals surface area contributed by atoms with Gasteiger partial charge in [0.15, 0.2) is 0 Å². The minimum absolute atomic E-state index is 0.509. The first-order chi connectivity index (χ1) is 7.49. The maximum Gasteiger partial charge on any atom is 0.0746 e. The molecule has 1 atom stereocenters. The molecule has 0 radical (unpaired) electrons. The summed E-state index contributed by atoms with van der Waals surface area (Å²) in [4.78, 5) is 4.05. The summed E-state index contributed by atoms with van der Waals surface area (Å²) in [6, 6.07) is 3.94. The summed E-state index contributed by atoms with van der Waals surface area (Å²) in [6.07, 6.45) is 4.41. The van der Waals surface area contributed by atoms with E-state index in [0.29, 0.717) is 12.5 Å². The Morgan fingerprint density at radius 2 is 2.25 bits per heavy atom. The molecule has 3 heteroatoms. The van der Waals surface area contributed by atoms with Crippen LogP contribution < -0.4 is 5.32 Å². The number of hydrogen-bond acceptors (Lipinski definition) is 3. The molecule has 90 valence electrons. The van der Waals surface area contributed by atoms with Crippen LogP contribution in [0.5, 0.6) is 0 Å². The van der Waals surface area contributed by atoms with Crippen molar-refractivity contribution in [1.29, 1.82) is 0 Å². The zero-order chi connectivity index (χ0) is 12.0. The van der Waals surface area contributed by atoms with Crippen LogP contribution in [0.1, 0.15) is 32.8 Å². The van der Waals surface area contributed by atoms with Crippen LogP contribution in [0.2, 0.25) is 0 Å². The Morgan fingerprint density at radius 1 is 1.50 bits per heavy atom. The number of aromatic nitrogens is 1. The van der Waals surface area contributed by atoms with Crippen molar-refractivity contribution < 1.29 is 5.11 Å². The fourth-order valence-electron chi connectivity index (χ4n) is 1.93. The predicted octanol–water partition coefficient (Wildman–Crippen LogP) is 1.97. The quantitative estimate of drug-likeness (QED) is 0.773. The summed E-state index contributed by atoms with van der Waals surface area (Å²) < 4.78 is 0. The number of hydrogen-bond donors (Lipinski definition) is 2. The molecule has 0 saturated carbocycles. The molecule has 2 N–H and O–H groups in total. The summed E-state index contributed by atoms with van der Waals surface area (Å²) >= 11 is 0. The molecule has 3 nitrogen and oxygen atoms in total. The average Bonchev–Trinajstić information content (AvgIpc) is 2.16. The first-order valence-electron chi connectivity index (χ1n) is 5.81. The van der Waals surface area contributed by atoms with E-state index in [9.17, 15) is 5.11 Å². The number of pyridine rings is 1. The van der Waals surface area contributed by atoms with E-state index in [2.05, 4.69) is 24.1 Å². The third kappa shape index (κ3) is 5.24. The van der Waals surface area contributed by atoms with Gasteiger partial charge in [0, 0.05) is 25.5 Å². The van der Waals surface area contributed by atoms with Crippen LogP contribution in [-0.4, -0.2) is 22.2 Å². The van der Waals surface area contributed by atoms with Gasteiger partial charge in [-0.25, -0.2) is 0 Å². The maximum atomic E-state index is 10.1. The van der Waals surface area contributed by atoms with E-state index in [1.165, 1.54) is 0 Å². The van der Waals surface area contributed by atoms with Crippen LogP contribution in [0.25, 0.3) is 0 Å². The van der Waals surface area contributed by atoms with Gasteiger partial charge in [0.05, 0.1) is 5.60 Å². The highest BCUT2D eigenvalue weighted by molar-refractivity contribution is 5.07. The van der Waals surface area contributed by atoms with Gasteiger partial charge in [0.2, 0.25) is 0 Å². The van der Waals surface area contributed by atoms with Crippen LogP contribution in [0.4, 0.5) is 0 Å². The summed E-state index contributed by atoms with van der Waals surface area (Å²) in [5.41, 5.74) is 0.513. The molecule has 0 bridgehead atoms. The Bertz CT molecular complexity index is 296. The van der Waals surface area contributed by atoms with Gasteiger partial charge >= 0.3 is 0 Å². The van der Waals surface area contributed by atoms with Crippen molar-refractivity contribution in [1.82, 2.24) is 10.3 Å². The Morgan fingerprint density at radius 3 is 2.81 bits per heavy atom. The van der Waals surface area contributed by atoms with Crippen LogP contribution in [0.15, 0.2) is 24.5 Å². The van der Waals surface area contributed by atoms with E-state index in [-0.39, 0.29) is 0 Å². The second kappa shape index (κ2) is 5.97. The fraction of sp³-hybridized carbons (Fsp3) is 0.615. The third-order valence-electron chi connectivity index (χ3n) is 2.41. The molecule has 1 unspecified atom stereocenters. The zero-order valence-electron chi connectivity index (χ0n) is 10.4. The molecule has 1 aromatic rings. The van der Waals surface area contributed by atoms with Crippen molar-refractivity contribution in [3.05, 3.63) is 30.1 Å². The molecule has 0 spiro atoms. The van der Waals surface area contributed by atoms with Crippen LogP contribution in [-0.2, 0) is 6.54 Å². The van der Waals surface area contributed by atoms with Gasteiger partial charge in [-0.1, -0.05) is 19.9 Å². The number of rotatable bonds is 6. The van der Waals surface area contributed by atoms with Crippen molar-refractivity contribution in [3.8, 4) is 0 Å². The van der Waals surface area contributed by atoms with Crippen molar-refractivity contribution in [3.63, 3.8) is 0 Å². The first kappa shape index (κ1) is 13.1. The molecule has 0 aliphatic rings. The van der Waals surface area contributed by atoms with Gasteiger partial charge in [-0.3, -0.25) is 4.98 Å². The van der Waals surface area contributed by atoms with Crippen LogP contribution >= 0.6 is 0 Å². The molecule has 0 fully saturated rings. The standard InChI is InChI=1S/C13H22N2O/c1-11(2)7-13(3,16)10-15-9-12-5-4-6-14-8-12/h4-6,8,11,15-16H,7,9-10H2,1-3H3. The van der Waals surface area contributed by atoms with Crippen molar-refractivity contribution >= 4 is 0 Å². The molecule has 0 aromatic carbocycles. The van der Waals surface area contributed by atoms with Crippen LogP contribution in [0.3, 0.4) is 0 Å². The SMILES string of the molecule is CC(C)CC(C)(O)CNCc1cccnc1. The largest absolute Gasteiger partial charge is 0.389 e. The van der Waals surface area contributed by atoms with Gasteiger partial charge in [0.1, 0.15) is 0 Å². The zero-order valence-corrected chi connectivity index (χ0v) is 10.4. The number of nitrogens with one attached hydrogen (secondary N) is 1. The molecule has 0 amide bonds. The Hall–Kier alpha value is -0.930. The number of aliphatic hydroxyl groups is 1. The van der Waals surface area contributed by atoms with Crippen molar-refractivity contribution in [2.24, 2.45) is 5.92 Å². The minimum atomic E-state index is -0.629. The van der Waals surface area contributed by atoms with E-state index >= 15 is 0 Å². The smallest absolute Gasteiger partial charge is 0.0746 e. The second-order valence-corrected chi connectivity index (χ2v) is 5.06. The van der Waals surface area contributed by atoms with E-state index in [1.54, 1.807) is 6.20 Å². The maximum absolute atomic E-state index is 10.1. The van der Waals surface area contributed by atoms with E-state index in [1.807, 2.05) is 25.3 Å². The van der Waals surface area contributed by atoms with Gasteiger partial charge in [-0.05, 0) is 30.9 Å². The lowest BCUT2D eigenvalue weighted by Crippen LogP contribution is -2.38. The molecule has 1 rings (SSSR count). The summed E-state index contributed by atoms with van der Waals surface area (Å²) in [5, 5.41) is 13.3. The fourth-order valence-corrected chi connectivity index (χ4v) is 1.93. The Kier molecular flexibility index (Phi) is 4.90. The average molecular weight is 222 g/mol. The van der Waals surface area contributed by atoms with E-state index < -0.39 is 5.60 Å². The summed E-state index contributed by atoms with van der Waals surface area (Å²) in [7, 11) is 0. The number of nitrogens with zero attached hydrogens (tertiary/aromatic N) is 1. The Balaban J connectivity index is 2.30. The van der Waals surface area contributed by atoms with Gasteiger partial charge in [0.25, 0.3) is 0 Å². The molecular weight excluding hydrogens is 200 g/mol. The summed E-state index contributed by atoms with van der Waals surface area (Å²) in [5.74, 6) is 0.509. The van der Waals surface area contributed by atoms with E-state index in [4.69, 9.17) is 0 Å². The molecule has 0 saturated heterocycles. The monoisotopic (exact) mass is 222 g/mol. The van der Waals surface area contributed by atoms with Gasteiger partial charge in [-0.2, -0.15) is 0 Å². The Labute approximate surface area is 97.9 Å². The lowest BCUT2D eigenvalue weighted by Gasteiger charge is -2.25. The first-order valence-corrected chi connectivity index (χ1v) is 5.81. The van der Waals surface area contributed by atoms with Crippen LogP contribution in [0, 0.1) is 5.92 Å². The molecular formula is C13H22N2O. The third-order valence-corrected chi connectivity index (χ3v) is 2.41. The minimum Gasteiger partial charge on any atom is -0.389 e. The second-order valence-electron chi connectivity index (χ2n) is 5.06. The highest BCUT2D eigenvalue weighted by Crippen LogP contribution is 2.15. The normalized spacial score (nSPS) is 15.1. The summed E-state index contributed by atoms with van der Waals surface area (Å²) in [6.45, 7) is 7.48. The molecule has 0 aliphatic carbocycles. The molecule has 1 heterocycles. The van der Waals surface area contributed by atoms with Gasteiger partial charge < -0.3 is 10.4 Å². The highest BCUT2D eigenvalue weighted by atomic mass is 16.3. The molecule has 1 aromatic heterocycles. The van der Waals surface area contributed by atoms with Crippen molar-refractivity contribution in [2.75, 3.05) is 6.54 Å². The predicted molar refractivity (Wildman–Crippen MR) is 66.0 cm³/mol. The highest BCUT2D eigenvalue weighted by Gasteiger charge is 2.20.